The number of benzene rings is 2. The normalized spacial score (nSPS) is 13.3. The zero-order valence-electron chi connectivity index (χ0n) is 15.3. The molecule has 0 spiro atoms. The number of aromatic nitrogens is 3. The lowest BCUT2D eigenvalue weighted by Crippen LogP contribution is -2.35. The summed E-state index contributed by atoms with van der Waals surface area (Å²) in [6.07, 6.45) is 0.725. The van der Waals surface area contributed by atoms with E-state index in [9.17, 15) is 4.79 Å². The first-order chi connectivity index (χ1) is 14.2. The maximum absolute atomic E-state index is 12.7. The summed E-state index contributed by atoms with van der Waals surface area (Å²) in [5.41, 5.74) is 3.23. The summed E-state index contributed by atoms with van der Waals surface area (Å²) in [7, 11) is 0. The van der Waals surface area contributed by atoms with Crippen LogP contribution in [0.5, 0.6) is 0 Å². The quantitative estimate of drug-likeness (QED) is 0.520. The number of nitrogens with zero attached hydrogens (tertiary/aromatic N) is 4. The van der Waals surface area contributed by atoms with Gasteiger partial charge in [0.05, 0.1) is 23.3 Å². The van der Waals surface area contributed by atoms with Crippen molar-refractivity contribution < 1.29 is 4.79 Å². The lowest BCUT2D eigenvalue weighted by atomic mass is 10.1. The van der Waals surface area contributed by atoms with Gasteiger partial charge in [0.2, 0.25) is 0 Å². The van der Waals surface area contributed by atoms with Crippen LogP contribution in [0.3, 0.4) is 0 Å². The van der Waals surface area contributed by atoms with E-state index in [0.717, 1.165) is 28.0 Å². The summed E-state index contributed by atoms with van der Waals surface area (Å²) >= 11 is 7.82. The SMILES string of the molecule is O=C(c1ccccc1)N1CCc2nc(Nc3nc4ccccc4nc3Cl)sc2C1. The first kappa shape index (κ1) is 18.0. The van der Waals surface area contributed by atoms with Crippen molar-refractivity contribution in [2.24, 2.45) is 0 Å². The smallest absolute Gasteiger partial charge is 0.254 e. The number of carbonyl (C=O) groups is 1. The van der Waals surface area contributed by atoms with E-state index >= 15 is 0 Å². The van der Waals surface area contributed by atoms with Crippen LogP contribution in [0, 0.1) is 0 Å². The molecular formula is C21H16ClN5OS. The summed E-state index contributed by atoms with van der Waals surface area (Å²) in [5, 5.41) is 4.20. The Morgan fingerprint density at radius 1 is 1.00 bits per heavy atom. The molecule has 0 saturated heterocycles. The Labute approximate surface area is 176 Å². The Hall–Kier alpha value is -3.03. The van der Waals surface area contributed by atoms with Gasteiger partial charge in [-0.25, -0.2) is 15.0 Å². The fourth-order valence-corrected chi connectivity index (χ4v) is 4.55. The molecule has 0 fully saturated rings. The molecule has 8 heteroatoms. The second kappa shape index (κ2) is 7.42. The van der Waals surface area contributed by atoms with Crippen molar-refractivity contribution in [3.63, 3.8) is 0 Å². The highest BCUT2D eigenvalue weighted by atomic mass is 35.5. The second-order valence-electron chi connectivity index (χ2n) is 6.71. The van der Waals surface area contributed by atoms with Gasteiger partial charge in [0.25, 0.3) is 5.91 Å². The fourth-order valence-electron chi connectivity index (χ4n) is 3.34. The van der Waals surface area contributed by atoms with Crippen molar-refractivity contribution in [3.8, 4) is 0 Å². The van der Waals surface area contributed by atoms with Crippen LogP contribution in [-0.4, -0.2) is 32.3 Å². The number of thiazole rings is 1. The topological polar surface area (TPSA) is 71.0 Å². The van der Waals surface area contributed by atoms with Gasteiger partial charge < -0.3 is 10.2 Å². The number of halogens is 1. The van der Waals surface area contributed by atoms with Gasteiger partial charge in [0, 0.05) is 23.4 Å². The number of hydrogen-bond acceptors (Lipinski definition) is 6. The zero-order valence-corrected chi connectivity index (χ0v) is 16.9. The van der Waals surface area contributed by atoms with Gasteiger partial charge in [-0.15, -0.1) is 0 Å². The molecule has 0 atom stereocenters. The van der Waals surface area contributed by atoms with Crippen molar-refractivity contribution in [2.45, 2.75) is 13.0 Å². The maximum Gasteiger partial charge on any atom is 0.254 e. The van der Waals surface area contributed by atoms with E-state index < -0.39 is 0 Å². The summed E-state index contributed by atoms with van der Waals surface area (Å²) < 4.78 is 0. The minimum Gasteiger partial charge on any atom is -0.333 e. The molecule has 2 aromatic carbocycles. The second-order valence-corrected chi connectivity index (χ2v) is 8.15. The monoisotopic (exact) mass is 421 g/mol. The predicted octanol–water partition coefficient (Wildman–Crippen LogP) is 4.68. The van der Waals surface area contributed by atoms with E-state index in [1.54, 1.807) is 0 Å². The largest absolute Gasteiger partial charge is 0.333 e. The van der Waals surface area contributed by atoms with Crippen molar-refractivity contribution in [1.82, 2.24) is 19.9 Å². The van der Waals surface area contributed by atoms with Gasteiger partial charge >= 0.3 is 0 Å². The Morgan fingerprint density at radius 3 is 2.52 bits per heavy atom. The molecular weight excluding hydrogens is 406 g/mol. The summed E-state index contributed by atoms with van der Waals surface area (Å²) in [5.74, 6) is 0.524. The zero-order chi connectivity index (χ0) is 19.8. The first-order valence-electron chi connectivity index (χ1n) is 9.19. The molecule has 1 N–H and O–H groups in total. The molecule has 6 nitrogen and oxygen atoms in total. The van der Waals surface area contributed by atoms with E-state index in [1.165, 1.54) is 11.3 Å². The molecule has 1 amide bonds. The molecule has 29 heavy (non-hydrogen) atoms. The number of nitrogens with one attached hydrogen (secondary N) is 1. The number of fused-ring (bicyclic) bond motifs is 2. The standard InChI is InChI=1S/C21H16ClN5OS/c22-18-19(24-15-9-5-4-8-14(15)23-18)26-21-25-16-10-11-27(12-17(16)29-21)20(28)13-6-2-1-3-7-13/h1-9H,10-12H2,(H,24,25,26). The Bertz CT molecular complexity index is 1210. The number of para-hydroxylation sites is 2. The number of amides is 1. The van der Waals surface area contributed by atoms with Gasteiger partial charge in [-0.05, 0) is 24.3 Å². The lowest BCUT2D eigenvalue weighted by Gasteiger charge is -2.26. The third kappa shape index (κ3) is 3.54. The van der Waals surface area contributed by atoms with Gasteiger partial charge in [0.1, 0.15) is 0 Å². The number of hydrogen-bond donors (Lipinski definition) is 1. The molecule has 2 aromatic heterocycles. The van der Waals surface area contributed by atoms with Crippen LogP contribution in [0.25, 0.3) is 11.0 Å². The molecule has 0 saturated carbocycles. The predicted molar refractivity (Wildman–Crippen MR) is 115 cm³/mol. The van der Waals surface area contributed by atoms with Crippen LogP contribution in [-0.2, 0) is 13.0 Å². The van der Waals surface area contributed by atoms with Gasteiger partial charge in [-0.1, -0.05) is 53.3 Å². The molecule has 3 heterocycles. The van der Waals surface area contributed by atoms with Crippen LogP contribution in [0.1, 0.15) is 20.9 Å². The Kier molecular flexibility index (Phi) is 4.61. The minimum absolute atomic E-state index is 0.0441. The maximum atomic E-state index is 12.7. The van der Waals surface area contributed by atoms with E-state index in [-0.39, 0.29) is 5.91 Å². The molecule has 0 radical (unpaired) electrons. The molecule has 4 aromatic rings. The highest BCUT2D eigenvalue weighted by Crippen LogP contribution is 2.32. The van der Waals surface area contributed by atoms with Crippen LogP contribution < -0.4 is 5.32 Å². The molecule has 144 valence electrons. The number of anilines is 2. The molecule has 0 bridgehead atoms. The average Bonchev–Trinajstić information content (AvgIpc) is 3.16. The van der Waals surface area contributed by atoms with E-state index in [2.05, 4.69) is 20.3 Å². The van der Waals surface area contributed by atoms with Gasteiger partial charge in [-0.2, -0.15) is 0 Å². The Morgan fingerprint density at radius 2 is 1.72 bits per heavy atom. The molecule has 1 aliphatic heterocycles. The van der Waals surface area contributed by atoms with Crippen LogP contribution in [0.4, 0.5) is 10.9 Å². The summed E-state index contributed by atoms with van der Waals surface area (Å²) in [4.78, 5) is 29.3. The molecule has 0 aliphatic carbocycles. The van der Waals surface area contributed by atoms with Crippen molar-refractivity contribution >= 4 is 50.8 Å². The highest BCUT2D eigenvalue weighted by molar-refractivity contribution is 7.15. The molecule has 0 unspecified atom stereocenters. The molecule has 5 rings (SSSR count). The highest BCUT2D eigenvalue weighted by Gasteiger charge is 2.25. The van der Waals surface area contributed by atoms with Crippen LogP contribution in [0.2, 0.25) is 5.15 Å². The van der Waals surface area contributed by atoms with E-state index in [0.29, 0.717) is 34.8 Å². The Balaban J connectivity index is 1.37. The van der Waals surface area contributed by atoms with Crippen molar-refractivity contribution in [2.75, 3.05) is 11.9 Å². The number of carbonyl (C=O) groups excluding carboxylic acids is 1. The summed E-state index contributed by atoms with van der Waals surface area (Å²) in [6, 6.07) is 16.9. The first-order valence-corrected chi connectivity index (χ1v) is 10.4. The summed E-state index contributed by atoms with van der Waals surface area (Å²) in [6.45, 7) is 1.21. The van der Waals surface area contributed by atoms with Gasteiger partial charge in [-0.3, -0.25) is 4.79 Å². The third-order valence-corrected chi connectivity index (χ3v) is 6.05. The van der Waals surface area contributed by atoms with Crippen molar-refractivity contribution in [3.05, 3.63) is 75.9 Å². The van der Waals surface area contributed by atoms with E-state index in [1.807, 2.05) is 59.5 Å². The van der Waals surface area contributed by atoms with Crippen molar-refractivity contribution in [1.29, 1.82) is 0 Å². The minimum atomic E-state index is 0.0441. The van der Waals surface area contributed by atoms with Gasteiger partial charge in [0.15, 0.2) is 16.1 Å². The number of rotatable bonds is 3. The van der Waals surface area contributed by atoms with Crippen LogP contribution in [0.15, 0.2) is 54.6 Å². The lowest BCUT2D eigenvalue weighted by molar-refractivity contribution is 0.0736. The molecule has 1 aliphatic rings. The van der Waals surface area contributed by atoms with Crippen LogP contribution >= 0.6 is 22.9 Å². The van der Waals surface area contributed by atoms with E-state index in [4.69, 9.17) is 11.6 Å². The fraction of sp³-hybridized carbons (Fsp3) is 0.143. The average molecular weight is 422 g/mol. The third-order valence-electron chi connectivity index (χ3n) is 4.79.